The van der Waals surface area contributed by atoms with Crippen LogP contribution in [0, 0.1) is 13.8 Å². The van der Waals surface area contributed by atoms with Gasteiger partial charge in [-0.3, -0.25) is 15.0 Å². The van der Waals surface area contributed by atoms with E-state index < -0.39 is 0 Å². The minimum absolute atomic E-state index is 0.0185. The summed E-state index contributed by atoms with van der Waals surface area (Å²) in [5.74, 6) is 0. The van der Waals surface area contributed by atoms with Crippen molar-refractivity contribution >= 4 is 17.3 Å². The van der Waals surface area contributed by atoms with Crippen LogP contribution < -0.4 is 5.32 Å². The lowest BCUT2D eigenvalue weighted by molar-refractivity contribution is 0.309. The molecule has 0 bridgehead atoms. The molecule has 166 valence electrons. The summed E-state index contributed by atoms with van der Waals surface area (Å²) in [5.41, 5.74) is 7.05. The molecule has 5 heterocycles. The highest BCUT2D eigenvalue weighted by Gasteiger charge is 2.41. The molecular weight excluding hydrogens is 428 g/mol. The van der Waals surface area contributed by atoms with Crippen LogP contribution in [0.1, 0.15) is 45.9 Å². The van der Waals surface area contributed by atoms with Gasteiger partial charge in [0.25, 0.3) is 0 Å². The zero-order valence-corrected chi connectivity index (χ0v) is 19.5. The van der Waals surface area contributed by atoms with E-state index in [-0.39, 0.29) is 12.1 Å². The van der Waals surface area contributed by atoms with E-state index in [4.69, 9.17) is 12.2 Å². The summed E-state index contributed by atoms with van der Waals surface area (Å²) in [6.07, 6.45) is 9.23. The fourth-order valence-corrected chi connectivity index (χ4v) is 4.95. The van der Waals surface area contributed by atoms with Gasteiger partial charge in [-0.05, 0) is 79.2 Å². The van der Waals surface area contributed by atoms with Crippen LogP contribution in [-0.2, 0) is 13.1 Å². The Bertz CT molecular complexity index is 1240. The predicted molar refractivity (Wildman–Crippen MR) is 132 cm³/mol. The predicted octanol–water partition coefficient (Wildman–Crippen LogP) is 4.51. The number of pyridine rings is 3. The number of rotatable bonds is 6. The third-order valence-electron chi connectivity index (χ3n) is 6.29. The van der Waals surface area contributed by atoms with Crippen molar-refractivity contribution in [2.75, 3.05) is 0 Å². The molecule has 1 aliphatic rings. The molecule has 33 heavy (non-hydrogen) atoms. The van der Waals surface area contributed by atoms with Crippen molar-refractivity contribution in [3.05, 3.63) is 113 Å². The molecule has 4 aromatic heterocycles. The topological polar surface area (TPSA) is 58.9 Å². The smallest absolute Gasteiger partial charge is 0.170 e. The van der Waals surface area contributed by atoms with E-state index in [1.54, 1.807) is 6.20 Å². The highest BCUT2D eigenvalue weighted by molar-refractivity contribution is 7.80. The lowest BCUT2D eigenvalue weighted by Gasteiger charge is -2.28. The molecule has 2 atom stereocenters. The monoisotopic (exact) mass is 454 g/mol. The van der Waals surface area contributed by atoms with E-state index >= 15 is 0 Å². The second-order valence-electron chi connectivity index (χ2n) is 8.38. The highest BCUT2D eigenvalue weighted by atomic mass is 32.1. The molecule has 0 aliphatic carbocycles. The van der Waals surface area contributed by atoms with E-state index in [9.17, 15) is 0 Å². The van der Waals surface area contributed by atoms with Crippen molar-refractivity contribution < 1.29 is 0 Å². The fraction of sp³-hybridized carbons (Fsp3) is 0.231. The molecule has 0 spiro atoms. The Morgan fingerprint density at radius 2 is 1.76 bits per heavy atom. The molecule has 7 heteroatoms. The largest absolute Gasteiger partial charge is 0.352 e. The molecule has 5 rings (SSSR count). The number of thiocarbonyl (C=S) groups is 1. The van der Waals surface area contributed by atoms with Crippen LogP contribution >= 0.6 is 12.2 Å². The maximum atomic E-state index is 5.83. The second kappa shape index (κ2) is 9.11. The number of aryl methyl sites for hydroxylation is 1. The van der Waals surface area contributed by atoms with E-state index in [2.05, 4.69) is 73.9 Å². The lowest BCUT2D eigenvalue weighted by atomic mass is 9.96. The number of nitrogens with zero attached hydrogens (tertiary/aromatic N) is 5. The van der Waals surface area contributed by atoms with Gasteiger partial charge in [0.05, 0.1) is 17.8 Å². The second-order valence-corrected chi connectivity index (χ2v) is 8.77. The van der Waals surface area contributed by atoms with Gasteiger partial charge in [-0.1, -0.05) is 12.1 Å². The van der Waals surface area contributed by atoms with Crippen molar-refractivity contribution in [1.82, 2.24) is 29.7 Å². The first kappa shape index (κ1) is 21.3. The minimum Gasteiger partial charge on any atom is -0.352 e. The summed E-state index contributed by atoms with van der Waals surface area (Å²) < 4.78 is 2.36. The molecule has 1 saturated heterocycles. The minimum atomic E-state index is -0.0368. The molecular formula is C26H26N6S. The Balaban J connectivity index is 1.56. The third-order valence-corrected chi connectivity index (χ3v) is 6.65. The van der Waals surface area contributed by atoms with Gasteiger partial charge in [-0.25, -0.2) is 0 Å². The molecule has 4 aromatic rings. The van der Waals surface area contributed by atoms with Crippen molar-refractivity contribution in [2.24, 2.45) is 0 Å². The first-order valence-corrected chi connectivity index (χ1v) is 11.4. The molecule has 1 aliphatic heterocycles. The molecule has 6 nitrogen and oxygen atoms in total. The van der Waals surface area contributed by atoms with Gasteiger partial charge < -0.3 is 14.8 Å². The highest BCUT2D eigenvalue weighted by Crippen LogP contribution is 2.41. The van der Waals surface area contributed by atoms with E-state index in [0.717, 1.165) is 22.9 Å². The average Bonchev–Trinajstić information content (AvgIpc) is 3.31. The zero-order valence-electron chi connectivity index (χ0n) is 18.7. The maximum Gasteiger partial charge on any atom is 0.170 e. The lowest BCUT2D eigenvalue weighted by Crippen LogP contribution is -2.29. The molecule has 0 radical (unpaired) electrons. The summed E-state index contributed by atoms with van der Waals surface area (Å²) in [4.78, 5) is 15.4. The Morgan fingerprint density at radius 3 is 2.48 bits per heavy atom. The first-order chi connectivity index (χ1) is 16.1. The molecule has 0 unspecified atom stereocenters. The summed E-state index contributed by atoms with van der Waals surface area (Å²) >= 11 is 5.83. The molecule has 0 aromatic carbocycles. The standard InChI is InChI=1S/C26H26N6S/c1-18-14-22(19(2)31(18)16-20-8-12-27-13-9-20)25-24(23-7-3-4-11-29-23)30-26(33)32(25)17-21-6-5-10-28-15-21/h3-15,24-25H,16-17H2,1-2H3,(H,30,33)/t24-,25+/m1/s1. The van der Waals surface area contributed by atoms with Gasteiger partial charge in [0.1, 0.15) is 0 Å². The van der Waals surface area contributed by atoms with Crippen LogP contribution in [0.5, 0.6) is 0 Å². The fourth-order valence-electron chi connectivity index (χ4n) is 4.64. The quantitative estimate of drug-likeness (QED) is 0.433. The van der Waals surface area contributed by atoms with Gasteiger partial charge in [0.2, 0.25) is 0 Å². The third kappa shape index (κ3) is 4.24. The Morgan fingerprint density at radius 1 is 0.909 bits per heavy atom. The number of hydrogen-bond acceptors (Lipinski definition) is 4. The van der Waals surface area contributed by atoms with Crippen LogP contribution in [0.2, 0.25) is 0 Å². The molecule has 1 fully saturated rings. The summed E-state index contributed by atoms with van der Waals surface area (Å²) in [5, 5.41) is 4.29. The van der Waals surface area contributed by atoms with Crippen molar-refractivity contribution in [1.29, 1.82) is 0 Å². The molecule has 0 amide bonds. The van der Waals surface area contributed by atoms with E-state index in [1.165, 1.54) is 22.5 Å². The van der Waals surface area contributed by atoms with Crippen LogP contribution in [0.25, 0.3) is 0 Å². The Labute approximate surface area is 199 Å². The zero-order chi connectivity index (χ0) is 22.8. The normalized spacial score (nSPS) is 17.9. The first-order valence-electron chi connectivity index (χ1n) is 11.0. The van der Waals surface area contributed by atoms with Crippen LogP contribution in [0.15, 0.2) is 79.5 Å². The van der Waals surface area contributed by atoms with E-state index in [0.29, 0.717) is 6.54 Å². The van der Waals surface area contributed by atoms with Crippen molar-refractivity contribution in [3.8, 4) is 0 Å². The van der Waals surface area contributed by atoms with Gasteiger partial charge in [-0.15, -0.1) is 0 Å². The number of hydrogen-bond donors (Lipinski definition) is 1. The van der Waals surface area contributed by atoms with E-state index in [1.807, 2.05) is 43.0 Å². The van der Waals surface area contributed by atoms with Gasteiger partial charge >= 0.3 is 0 Å². The van der Waals surface area contributed by atoms with Gasteiger partial charge in [0, 0.05) is 55.5 Å². The Hall–Kier alpha value is -3.58. The number of nitrogens with one attached hydrogen (secondary N) is 1. The van der Waals surface area contributed by atoms with Crippen molar-refractivity contribution in [3.63, 3.8) is 0 Å². The molecule has 1 N–H and O–H groups in total. The summed E-state index contributed by atoms with van der Waals surface area (Å²) in [6, 6.07) is 16.5. The SMILES string of the molecule is Cc1cc([C@H]2[C@@H](c3ccccn3)NC(=S)N2Cc2cccnc2)c(C)n1Cc1ccncc1. The number of aromatic nitrogens is 4. The summed E-state index contributed by atoms with van der Waals surface area (Å²) in [7, 11) is 0. The van der Waals surface area contributed by atoms with Gasteiger partial charge in [-0.2, -0.15) is 0 Å². The maximum absolute atomic E-state index is 5.83. The van der Waals surface area contributed by atoms with Gasteiger partial charge in [0.15, 0.2) is 5.11 Å². The molecule has 0 saturated carbocycles. The van der Waals surface area contributed by atoms with Crippen LogP contribution in [0.3, 0.4) is 0 Å². The van der Waals surface area contributed by atoms with Crippen LogP contribution in [0.4, 0.5) is 0 Å². The Kier molecular flexibility index (Phi) is 5.88. The van der Waals surface area contributed by atoms with Crippen molar-refractivity contribution in [2.45, 2.75) is 39.0 Å². The van der Waals surface area contributed by atoms with Crippen LogP contribution in [-0.4, -0.2) is 29.5 Å². The average molecular weight is 455 g/mol. The summed E-state index contributed by atoms with van der Waals surface area (Å²) in [6.45, 7) is 5.85.